The van der Waals surface area contributed by atoms with E-state index >= 15 is 0 Å². The fraction of sp³-hybridized carbons (Fsp3) is 0.625. The molecule has 0 spiro atoms. The second-order valence-corrected chi connectivity index (χ2v) is 2.43. The topological polar surface area (TPSA) is 87.4 Å². The van der Waals surface area contributed by atoms with E-state index < -0.39 is 17.9 Å². The summed E-state index contributed by atoms with van der Waals surface area (Å²) in [6, 6.07) is 1.74. The van der Waals surface area contributed by atoms with Gasteiger partial charge in [0.1, 0.15) is 0 Å². The molecule has 0 heterocycles. The molecule has 0 saturated heterocycles. The van der Waals surface area contributed by atoms with Gasteiger partial charge in [-0.2, -0.15) is 5.26 Å². The predicted octanol–water partition coefficient (Wildman–Crippen LogP) is 0.554. The molecule has 5 heteroatoms. The summed E-state index contributed by atoms with van der Waals surface area (Å²) in [6.07, 6.45) is -0.480. The second kappa shape index (κ2) is 6.00. The SMILES string of the molecule is CCOC(=O)CC(C#N)CC(=O)O. The first-order valence-electron chi connectivity index (χ1n) is 3.87. The third-order valence-electron chi connectivity index (χ3n) is 1.32. The minimum atomic E-state index is -1.09. The molecule has 0 amide bonds. The molecular weight excluding hydrogens is 174 g/mol. The molecule has 0 aromatic carbocycles. The number of carbonyl (C=O) groups excluding carboxylic acids is 1. The van der Waals surface area contributed by atoms with Crippen molar-refractivity contribution >= 4 is 11.9 Å². The number of carboxylic acids is 1. The molecule has 5 nitrogen and oxygen atoms in total. The summed E-state index contributed by atoms with van der Waals surface area (Å²) in [5.74, 6) is -2.41. The van der Waals surface area contributed by atoms with E-state index in [-0.39, 0.29) is 19.4 Å². The molecule has 1 unspecified atom stereocenters. The number of nitrogens with zero attached hydrogens (tertiary/aromatic N) is 1. The molecule has 0 saturated carbocycles. The molecule has 0 radical (unpaired) electrons. The highest BCUT2D eigenvalue weighted by Gasteiger charge is 2.17. The second-order valence-electron chi connectivity index (χ2n) is 2.43. The number of hydrogen-bond acceptors (Lipinski definition) is 4. The van der Waals surface area contributed by atoms with Crippen LogP contribution >= 0.6 is 0 Å². The van der Waals surface area contributed by atoms with E-state index in [0.29, 0.717) is 0 Å². The van der Waals surface area contributed by atoms with Crippen molar-refractivity contribution in [2.45, 2.75) is 19.8 Å². The molecule has 0 aromatic rings. The van der Waals surface area contributed by atoms with Crippen molar-refractivity contribution in [2.24, 2.45) is 5.92 Å². The van der Waals surface area contributed by atoms with Crippen LogP contribution in [0.1, 0.15) is 19.8 Å². The largest absolute Gasteiger partial charge is 0.481 e. The minimum Gasteiger partial charge on any atom is -0.481 e. The Morgan fingerprint density at radius 2 is 2.15 bits per heavy atom. The lowest BCUT2D eigenvalue weighted by atomic mass is 10.0. The van der Waals surface area contributed by atoms with Crippen LogP contribution in [-0.2, 0) is 14.3 Å². The van der Waals surface area contributed by atoms with Gasteiger partial charge in [-0.25, -0.2) is 0 Å². The highest BCUT2D eigenvalue weighted by Crippen LogP contribution is 2.08. The summed E-state index contributed by atoms with van der Waals surface area (Å²) in [5.41, 5.74) is 0. The Balaban J connectivity index is 3.92. The first kappa shape index (κ1) is 11.4. The van der Waals surface area contributed by atoms with E-state index in [9.17, 15) is 9.59 Å². The zero-order valence-corrected chi connectivity index (χ0v) is 7.32. The van der Waals surface area contributed by atoms with Gasteiger partial charge in [0.15, 0.2) is 0 Å². The van der Waals surface area contributed by atoms with Gasteiger partial charge in [-0.15, -0.1) is 0 Å². The molecule has 1 atom stereocenters. The number of aliphatic carboxylic acids is 1. The van der Waals surface area contributed by atoms with Gasteiger partial charge in [0.2, 0.25) is 0 Å². The van der Waals surface area contributed by atoms with Crippen molar-refractivity contribution in [1.29, 1.82) is 5.26 Å². The third kappa shape index (κ3) is 5.67. The van der Waals surface area contributed by atoms with Crippen LogP contribution < -0.4 is 0 Å². The molecule has 0 fully saturated rings. The van der Waals surface area contributed by atoms with Gasteiger partial charge < -0.3 is 9.84 Å². The summed E-state index contributed by atoms with van der Waals surface area (Å²) in [7, 11) is 0. The van der Waals surface area contributed by atoms with E-state index in [1.807, 2.05) is 0 Å². The Labute approximate surface area is 75.9 Å². The number of rotatable bonds is 5. The summed E-state index contributed by atoms with van der Waals surface area (Å²) in [4.78, 5) is 21.0. The number of nitriles is 1. The molecule has 0 aromatic heterocycles. The lowest BCUT2D eigenvalue weighted by Gasteiger charge is -2.04. The van der Waals surface area contributed by atoms with Gasteiger partial charge in [-0.3, -0.25) is 9.59 Å². The van der Waals surface area contributed by atoms with Gasteiger partial charge in [0.05, 0.1) is 31.4 Å². The first-order valence-corrected chi connectivity index (χ1v) is 3.87. The van der Waals surface area contributed by atoms with Crippen LogP contribution in [-0.4, -0.2) is 23.7 Å². The highest BCUT2D eigenvalue weighted by atomic mass is 16.5. The standard InChI is InChI=1S/C8H11NO4/c1-2-13-8(12)4-6(5-9)3-7(10)11/h6H,2-4H2,1H3,(H,10,11). The Kier molecular flexibility index (Phi) is 5.28. The van der Waals surface area contributed by atoms with Gasteiger partial charge in [-0.05, 0) is 6.92 Å². The van der Waals surface area contributed by atoms with Crippen molar-refractivity contribution in [3.63, 3.8) is 0 Å². The van der Waals surface area contributed by atoms with E-state index in [1.54, 1.807) is 13.0 Å². The van der Waals surface area contributed by atoms with Crippen LogP contribution in [0.25, 0.3) is 0 Å². The van der Waals surface area contributed by atoms with Crippen LogP contribution in [0.15, 0.2) is 0 Å². The lowest BCUT2D eigenvalue weighted by Crippen LogP contribution is -2.13. The summed E-state index contributed by atoms with van der Waals surface area (Å²) < 4.78 is 4.57. The van der Waals surface area contributed by atoms with Crippen molar-refractivity contribution in [3.05, 3.63) is 0 Å². The fourth-order valence-corrected chi connectivity index (χ4v) is 0.795. The van der Waals surface area contributed by atoms with Gasteiger partial charge >= 0.3 is 11.9 Å². The van der Waals surface area contributed by atoms with Crippen LogP contribution in [0.4, 0.5) is 0 Å². The Bertz CT molecular complexity index is 231. The Morgan fingerprint density at radius 1 is 1.54 bits per heavy atom. The molecule has 0 aliphatic carbocycles. The van der Waals surface area contributed by atoms with Crippen molar-refractivity contribution in [3.8, 4) is 6.07 Å². The molecule has 72 valence electrons. The van der Waals surface area contributed by atoms with Gasteiger partial charge in [0.25, 0.3) is 0 Å². The average molecular weight is 185 g/mol. The summed E-state index contributed by atoms with van der Waals surface area (Å²) >= 11 is 0. The van der Waals surface area contributed by atoms with Crippen LogP contribution in [0.3, 0.4) is 0 Å². The maximum Gasteiger partial charge on any atom is 0.307 e. The third-order valence-corrected chi connectivity index (χ3v) is 1.32. The van der Waals surface area contributed by atoms with Gasteiger partial charge in [-0.1, -0.05) is 0 Å². The molecule has 0 aliphatic rings. The van der Waals surface area contributed by atoms with E-state index in [2.05, 4.69) is 4.74 Å². The summed E-state index contributed by atoms with van der Waals surface area (Å²) in [5, 5.41) is 16.8. The monoisotopic (exact) mass is 185 g/mol. The highest BCUT2D eigenvalue weighted by molar-refractivity contribution is 5.72. The Hall–Kier alpha value is -1.57. The minimum absolute atomic E-state index is 0.156. The van der Waals surface area contributed by atoms with E-state index in [0.717, 1.165) is 0 Å². The number of carboxylic acid groups (broad SMARTS) is 1. The van der Waals surface area contributed by atoms with Gasteiger partial charge in [0, 0.05) is 0 Å². The average Bonchev–Trinajstić information content (AvgIpc) is 2.02. The first-order chi connectivity index (χ1) is 6.10. The van der Waals surface area contributed by atoms with Crippen LogP contribution in [0.2, 0.25) is 0 Å². The zero-order chi connectivity index (χ0) is 10.3. The molecule has 0 rings (SSSR count). The predicted molar refractivity (Wildman–Crippen MR) is 42.6 cm³/mol. The number of esters is 1. The molecule has 1 N–H and O–H groups in total. The molecular formula is C8H11NO4. The van der Waals surface area contributed by atoms with Crippen molar-refractivity contribution in [2.75, 3.05) is 6.61 Å². The maximum atomic E-state index is 10.8. The smallest absolute Gasteiger partial charge is 0.307 e. The molecule has 0 aliphatic heterocycles. The van der Waals surface area contributed by atoms with Crippen molar-refractivity contribution < 1.29 is 19.4 Å². The number of hydrogen-bond donors (Lipinski definition) is 1. The van der Waals surface area contributed by atoms with E-state index in [4.69, 9.17) is 10.4 Å². The summed E-state index contributed by atoms with van der Waals surface area (Å²) in [6.45, 7) is 1.89. The number of carbonyl (C=O) groups is 2. The quantitative estimate of drug-likeness (QED) is 0.632. The van der Waals surface area contributed by atoms with Crippen LogP contribution in [0, 0.1) is 17.2 Å². The molecule has 0 bridgehead atoms. The number of ether oxygens (including phenoxy) is 1. The lowest BCUT2D eigenvalue weighted by molar-refractivity contribution is -0.144. The van der Waals surface area contributed by atoms with Crippen LogP contribution in [0.5, 0.6) is 0 Å². The fourth-order valence-electron chi connectivity index (χ4n) is 0.795. The van der Waals surface area contributed by atoms with Crippen molar-refractivity contribution in [1.82, 2.24) is 0 Å². The van der Waals surface area contributed by atoms with E-state index in [1.165, 1.54) is 0 Å². The Morgan fingerprint density at radius 3 is 2.54 bits per heavy atom. The molecule has 13 heavy (non-hydrogen) atoms. The maximum absolute atomic E-state index is 10.8. The normalized spacial score (nSPS) is 11.4. The zero-order valence-electron chi connectivity index (χ0n) is 7.32.